The molecule has 0 N–H and O–H groups in total. The number of hydrogen-bond donors (Lipinski definition) is 0. The molecule has 0 aliphatic heterocycles. The van der Waals surface area contributed by atoms with Gasteiger partial charge in [-0.3, -0.25) is 0 Å². The van der Waals surface area contributed by atoms with E-state index in [1.807, 2.05) is 0 Å². The van der Waals surface area contributed by atoms with Crippen LogP contribution in [0.25, 0.3) is 6.08 Å². The quantitative estimate of drug-likeness (QED) is 0.0782. The van der Waals surface area contributed by atoms with Gasteiger partial charge in [0.2, 0.25) is 0 Å². The monoisotopic (exact) mass is 596 g/mol. The Morgan fingerprint density at radius 3 is 1.48 bits per heavy atom. The Kier molecular flexibility index (Phi) is 20.4. The Labute approximate surface area is 255 Å². The third kappa shape index (κ3) is 17.3. The first-order chi connectivity index (χ1) is 19.2. The predicted molar refractivity (Wildman–Crippen MR) is 186 cm³/mol. The van der Waals surface area contributed by atoms with Crippen molar-refractivity contribution in [1.82, 2.24) is 0 Å². The second kappa shape index (κ2) is 21.9. The molecule has 0 atom stereocenters. The van der Waals surface area contributed by atoms with Crippen LogP contribution < -0.4 is 14.8 Å². The van der Waals surface area contributed by atoms with Gasteiger partial charge in [-0.25, -0.2) is 0 Å². The molecule has 0 fully saturated rings. The second-order valence-corrected chi connectivity index (χ2v) is 22.2. The summed E-state index contributed by atoms with van der Waals surface area (Å²) in [4.78, 5) is 0. The van der Waals surface area contributed by atoms with E-state index in [1.54, 1.807) is 0 Å². The van der Waals surface area contributed by atoms with Crippen molar-refractivity contribution < 1.29 is 9.47 Å². The zero-order chi connectivity index (χ0) is 29.6. The Hall–Kier alpha value is -0.720. The van der Waals surface area contributed by atoms with Crippen LogP contribution in [0.3, 0.4) is 0 Å². The molecule has 0 spiro atoms. The van der Waals surface area contributed by atoms with E-state index in [-0.39, 0.29) is 0 Å². The van der Waals surface area contributed by atoms with Crippen LogP contribution in [0.1, 0.15) is 155 Å². The summed E-state index contributed by atoms with van der Waals surface area (Å²) >= 11 is 7.26. The first-order valence-corrected chi connectivity index (χ1v) is 21.5. The number of hydrogen-bond acceptors (Lipinski definition) is 2. The normalized spacial score (nSPS) is 13.0. The summed E-state index contributed by atoms with van der Waals surface area (Å²) in [6, 6.07) is 4.43. The van der Waals surface area contributed by atoms with E-state index in [0.717, 1.165) is 54.8 Å². The van der Waals surface area contributed by atoms with Crippen molar-refractivity contribution >= 4 is 28.6 Å². The fourth-order valence-electron chi connectivity index (χ4n) is 5.12. The number of ether oxygens (including phenoxy) is 2. The molecule has 0 amide bonds. The molecule has 0 saturated heterocycles. The maximum atomic E-state index is 7.26. The van der Waals surface area contributed by atoms with Gasteiger partial charge in [0.1, 0.15) is 0 Å². The van der Waals surface area contributed by atoms with Gasteiger partial charge in [-0.2, -0.15) is 0 Å². The SMILES string of the molecule is CCCCCCCCCC=Cc1ccc(P(C)(C)(C)Cl)c(OCCCCCCCC)c1OCCCCCCCC. The predicted octanol–water partition coefficient (Wildman–Crippen LogP) is 12.5. The maximum absolute atomic E-state index is 7.26. The van der Waals surface area contributed by atoms with E-state index in [0.29, 0.717) is 0 Å². The van der Waals surface area contributed by atoms with Gasteiger partial charge in [-0.05, 0) is 0 Å². The molecule has 1 aromatic rings. The minimum atomic E-state index is -2.59. The number of allylic oxidation sites excluding steroid dienone is 1. The fraction of sp³-hybridized carbons (Fsp3) is 0.778. The summed E-state index contributed by atoms with van der Waals surface area (Å²) in [6.07, 6.45) is 30.2. The van der Waals surface area contributed by atoms with Crippen molar-refractivity contribution in [1.29, 1.82) is 0 Å². The molecule has 234 valence electrons. The molecule has 4 heteroatoms. The third-order valence-electron chi connectivity index (χ3n) is 7.70. The van der Waals surface area contributed by atoms with E-state index in [2.05, 4.69) is 65.1 Å². The minimum absolute atomic E-state index is 0.723. The Morgan fingerprint density at radius 1 is 0.575 bits per heavy atom. The van der Waals surface area contributed by atoms with E-state index in [4.69, 9.17) is 20.7 Å². The number of benzene rings is 1. The summed E-state index contributed by atoms with van der Waals surface area (Å²) in [5.41, 5.74) is 1.13. The van der Waals surface area contributed by atoms with Crippen molar-refractivity contribution in [3.05, 3.63) is 23.8 Å². The summed E-state index contributed by atoms with van der Waals surface area (Å²) in [5, 5.41) is 1.14. The van der Waals surface area contributed by atoms with Crippen molar-refractivity contribution in [3.63, 3.8) is 0 Å². The van der Waals surface area contributed by atoms with Gasteiger partial charge in [-0.15, -0.1) is 0 Å². The fourth-order valence-corrected chi connectivity index (χ4v) is 6.95. The Balaban J connectivity index is 2.99. The molecule has 0 aromatic heterocycles. The van der Waals surface area contributed by atoms with Crippen LogP contribution in [0.2, 0.25) is 0 Å². The first kappa shape index (κ1) is 37.3. The topological polar surface area (TPSA) is 18.5 Å². The van der Waals surface area contributed by atoms with Crippen LogP contribution in [-0.2, 0) is 0 Å². The molecule has 0 bridgehead atoms. The molecule has 0 aliphatic carbocycles. The third-order valence-corrected chi connectivity index (χ3v) is 10.2. The zero-order valence-electron chi connectivity index (χ0n) is 27.5. The van der Waals surface area contributed by atoms with Gasteiger partial charge in [0.15, 0.2) is 0 Å². The molecule has 40 heavy (non-hydrogen) atoms. The molecule has 0 unspecified atom stereocenters. The second-order valence-electron chi connectivity index (χ2n) is 13.0. The van der Waals surface area contributed by atoms with E-state index in [1.165, 1.54) is 109 Å². The van der Waals surface area contributed by atoms with Gasteiger partial charge >= 0.3 is 236 Å². The molecule has 1 rings (SSSR count). The van der Waals surface area contributed by atoms with Gasteiger partial charge in [0.25, 0.3) is 0 Å². The molecule has 2 nitrogen and oxygen atoms in total. The average molecular weight is 597 g/mol. The summed E-state index contributed by atoms with van der Waals surface area (Å²) < 4.78 is 13.2. The molecule has 0 radical (unpaired) electrons. The van der Waals surface area contributed by atoms with Crippen molar-refractivity contribution in [3.8, 4) is 11.5 Å². The zero-order valence-corrected chi connectivity index (χ0v) is 29.2. The van der Waals surface area contributed by atoms with E-state index in [9.17, 15) is 0 Å². The van der Waals surface area contributed by atoms with E-state index >= 15 is 0 Å². The van der Waals surface area contributed by atoms with Crippen molar-refractivity contribution in [2.45, 2.75) is 149 Å². The van der Waals surface area contributed by atoms with Crippen LogP contribution in [0.4, 0.5) is 0 Å². The Bertz CT molecular complexity index is 787. The standard InChI is InChI=1S/C36H66ClO2P/c1-7-10-13-16-19-20-21-22-25-28-33-29-30-34(40(4,5,6)37)36(39-32-27-24-18-15-12-9-3)35(33)38-31-26-23-17-14-11-8-2/h25,28-30H,7-24,26-27,31-32H2,1-6H3. The summed E-state index contributed by atoms with van der Waals surface area (Å²) in [7, 11) is 0. The van der Waals surface area contributed by atoms with Gasteiger partial charge < -0.3 is 0 Å². The molecular weight excluding hydrogens is 531 g/mol. The van der Waals surface area contributed by atoms with Crippen molar-refractivity contribution in [2.75, 3.05) is 33.2 Å². The summed E-state index contributed by atoms with van der Waals surface area (Å²) in [5.74, 6) is -0.778. The van der Waals surface area contributed by atoms with Gasteiger partial charge in [0.05, 0.1) is 0 Å². The van der Waals surface area contributed by atoms with Crippen LogP contribution in [0.5, 0.6) is 11.5 Å². The molecule has 0 aliphatic rings. The molecular formula is C36H66ClO2P. The van der Waals surface area contributed by atoms with Crippen LogP contribution in [0.15, 0.2) is 18.2 Å². The molecule has 1 aromatic carbocycles. The van der Waals surface area contributed by atoms with Crippen LogP contribution >= 0.6 is 17.2 Å². The average Bonchev–Trinajstić information content (AvgIpc) is 2.90. The summed E-state index contributed by atoms with van der Waals surface area (Å²) in [6.45, 7) is 14.9. The van der Waals surface area contributed by atoms with Gasteiger partial charge in [0, 0.05) is 0 Å². The van der Waals surface area contributed by atoms with Crippen LogP contribution in [0, 0.1) is 0 Å². The first-order valence-electron chi connectivity index (χ1n) is 17.0. The van der Waals surface area contributed by atoms with Gasteiger partial charge in [-0.1, -0.05) is 19.8 Å². The molecule has 0 heterocycles. The number of halogens is 1. The van der Waals surface area contributed by atoms with E-state index < -0.39 is 5.96 Å². The van der Waals surface area contributed by atoms with Crippen LogP contribution in [-0.4, -0.2) is 33.2 Å². The molecule has 0 saturated carbocycles. The van der Waals surface area contributed by atoms with Crippen molar-refractivity contribution in [2.24, 2.45) is 0 Å². The number of unbranched alkanes of at least 4 members (excludes halogenated alkanes) is 17. The number of rotatable bonds is 26. The Morgan fingerprint density at radius 2 is 1.00 bits per heavy atom.